The fourth-order valence-electron chi connectivity index (χ4n) is 2.16. The molecule has 0 saturated heterocycles. The Morgan fingerprint density at radius 2 is 2.26 bits per heavy atom. The second kappa shape index (κ2) is 7.15. The Labute approximate surface area is 137 Å². The van der Waals surface area contributed by atoms with E-state index in [0.717, 1.165) is 22.7 Å². The average Bonchev–Trinajstić information content (AvgIpc) is 3.19. The van der Waals surface area contributed by atoms with Crippen molar-refractivity contribution in [2.24, 2.45) is 5.10 Å². The second-order valence-corrected chi connectivity index (χ2v) is 5.67. The first-order valence-corrected chi connectivity index (χ1v) is 8.20. The first-order chi connectivity index (χ1) is 11.3. The summed E-state index contributed by atoms with van der Waals surface area (Å²) in [7, 11) is 0. The summed E-state index contributed by atoms with van der Waals surface area (Å²) in [5.41, 5.74) is 4.49. The quantitative estimate of drug-likeness (QED) is 0.429. The van der Waals surface area contributed by atoms with Crippen molar-refractivity contribution in [2.75, 3.05) is 5.75 Å². The van der Waals surface area contributed by atoms with E-state index in [1.807, 2.05) is 24.3 Å². The summed E-state index contributed by atoms with van der Waals surface area (Å²) in [5, 5.41) is 4.68. The third kappa shape index (κ3) is 3.62. The van der Waals surface area contributed by atoms with E-state index in [0.29, 0.717) is 5.76 Å². The van der Waals surface area contributed by atoms with Gasteiger partial charge in [0, 0.05) is 6.54 Å². The number of furan rings is 1. The number of thioether (sulfide) groups is 1. The Morgan fingerprint density at radius 1 is 1.39 bits per heavy atom. The van der Waals surface area contributed by atoms with Crippen LogP contribution >= 0.6 is 11.8 Å². The number of nitrogens with zero attached hydrogens (tertiary/aromatic N) is 3. The van der Waals surface area contributed by atoms with Crippen LogP contribution in [0.3, 0.4) is 0 Å². The van der Waals surface area contributed by atoms with Crippen molar-refractivity contribution in [3.63, 3.8) is 0 Å². The van der Waals surface area contributed by atoms with Crippen molar-refractivity contribution >= 4 is 34.9 Å². The van der Waals surface area contributed by atoms with Gasteiger partial charge in [0.2, 0.25) is 0 Å². The molecule has 6 nitrogen and oxygen atoms in total. The number of para-hydroxylation sites is 2. The molecular formula is C16H16N4O2S. The van der Waals surface area contributed by atoms with Gasteiger partial charge in [0.15, 0.2) is 5.16 Å². The maximum Gasteiger partial charge on any atom is 0.250 e. The van der Waals surface area contributed by atoms with Gasteiger partial charge in [-0.25, -0.2) is 10.4 Å². The fourth-order valence-corrected chi connectivity index (χ4v) is 3.04. The third-order valence-electron chi connectivity index (χ3n) is 3.19. The van der Waals surface area contributed by atoms with Gasteiger partial charge in [-0.1, -0.05) is 23.9 Å². The molecule has 2 heterocycles. The number of hydrazone groups is 1. The molecule has 0 unspecified atom stereocenters. The Morgan fingerprint density at radius 3 is 3.04 bits per heavy atom. The summed E-state index contributed by atoms with van der Waals surface area (Å²) in [6.45, 7) is 2.87. The van der Waals surface area contributed by atoms with Crippen LogP contribution in [0.5, 0.6) is 0 Å². The van der Waals surface area contributed by atoms with Gasteiger partial charge in [-0.2, -0.15) is 5.10 Å². The maximum atomic E-state index is 11.8. The molecule has 0 saturated carbocycles. The number of aromatic nitrogens is 2. The Bertz CT molecular complexity index is 824. The van der Waals surface area contributed by atoms with E-state index in [9.17, 15) is 4.79 Å². The molecule has 7 heteroatoms. The second-order valence-electron chi connectivity index (χ2n) is 4.72. The summed E-state index contributed by atoms with van der Waals surface area (Å²) in [6.07, 6.45) is 3.01. The largest absolute Gasteiger partial charge is 0.463 e. The van der Waals surface area contributed by atoms with Gasteiger partial charge in [0.1, 0.15) is 5.76 Å². The Balaban J connectivity index is 1.60. The fraction of sp³-hybridized carbons (Fsp3) is 0.188. The number of imidazole rings is 1. The summed E-state index contributed by atoms with van der Waals surface area (Å²) < 4.78 is 7.19. The van der Waals surface area contributed by atoms with Crippen LogP contribution in [0.4, 0.5) is 0 Å². The number of rotatable bonds is 6. The summed E-state index contributed by atoms with van der Waals surface area (Å²) in [5.74, 6) is 0.650. The van der Waals surface area contributed by atoms with E-state index in [1.165, 1.54) is 18.0 Å². The number of hydrogen-bond donors (Lipinski definition) is 1. The van der Waals surface area contributed by atoms with Crippen LogP contribution in [-0.4, -0.2) is 27.4 Å². The number of nitrogens with one attached hydrogen (secondary N) is 1. The van der Waals surface area contributed by atoms with Crippen molar-refractivity contribution in [1.29, 1.82) is 0 Å². The molecule has 0 atom stereocenters. The minimum absolute atomic E-state index is 0.187. The summed E-state index contributed by atoms with van der Waals surface area (Å²) in [4.78, 5) is 16.4. The van der Waals surface area contributed by atoms with Gasteiger partial charge in [0.05, 0.1) is 29.3 Å². The first kappa shape index (κ1) is 15.4. The normalized spacial score (nSPS) is 11.3. The lowest BCUT2D eigenvalue weighted by Gasteiger charge is -2.04. The van der Waals surface area contributed by atoms with E-state index < -0.39 is 0 Å². The Hall–Kier alpha value is -2.54. The zero-order valence-corrected chi connectivity index (χ0v) is 13.4. The molecule has 0 spiro atoms. The predicted molar refractivity (Wildman–Crippen MR) is 90.6 cm³/mol. The van der Waals surface area contributed by atoms with E-state index in [1.54, 1.807) is 18.4 Å². The molecule has 0 fully saturated rings. The lowest BCUT2D eigenvalue weighted by atomic mass is 10.3. The van der Waals surface area contributed by atoms with Crippen molar-refractivity contribution in [2.45, 2.75) is 18.6 Å². The number of carbonyl (C=O) groups is 1. The SMILES string of the molecule is CCn1c(SCC(=O)N/N=C\c2ccco2)nc2ccccc21. The molecule has 118 valence electrons. The summed E-state index contributed by atoms with van der Waals surface area (Å²) in [6, 6.07) is 11.5. The standard InChI is InChI=1S/C16H16N4O2S/c1-2-20-14-8-4-3-7-13(14)18-16(20)23-11-15(21)19-17-10-12-6-5-9-22-12/h3-10H,2,11H2,1H3,(H,19,21)/b17-10-. The van der Waals surface area contributed by atoms with Crippen molar-refractivity contribution in [3.8, 4) is 0 Å². The van der Waals surface area contributed by atoms with Gasteiger partial charge in [0.25, 0.3) is 5.91 Å². The topological polar surface area (TPSA) is 72.4 Å². The van der Waals surface area contributed by atoms with Crippen LogP contribution in [0.1, 0.15) is 12.7 Å². The number of hydrogen-bond acceptors (Lipinski definition) is 5. The molecule has 0 bridgehead atoms. The lowest BCUT2D eigenvalue weighted by Crippen LogP contribution is -2.19. The number of amides is 1. The molecule has 1 N–H and O–H groups in total. The molecule has 0 aliphatic carbocycles. The number of benzene rings is 1. The molecular weight excluding hydrogens is 312 g/mol. The minimum Gasteiger partial charge on any atom is -0.463 e. The highest BCUT2D eigenvalue weighted by Gasteiger charge is 2.11. The molecule has 2 aromatic heterocycles. The van der Waals surface area contributed by atoms with Crippen LogP contribution in [0.15, 0.2) is 57.3 Å². The van der Waals surface area contributed by atoms with Gasteiger partial charge in [-0.05, 0) is 31.2 Å². The van der Waals surface area contributed by atoms with E-state index in [2.05, 4.69) is 27.0 Å². The number of aryl methyl sites for hydroxylation is 1. The zero-order chi connectivity index (χ0) is 16.1. The highest BCUT2D eigenvalue weighted by Crippen LogP contribution is 2.23. The van der Waals surface area contributed by atoms with Gasteiger partial charge in [-0.15, -0.1) is 0 Å². The average molecular weight is 328 g/mol. The van der Waals surface area contributed by atoms with E-state index >= 15 is 0 Å². The lowest BCUT2D eigenvalue weighted by molar-refractivity contribution is -0.118. The molecule has 1 aromatic carbocycles. The van der Waals surface area contributed by atoms with Crippen molar-refractivity contribution in [1.82, 2.24) is 15.0 Å². The third-order valence-corrected chi connectivity index (χ3v) is 4.17. The molecule has 1 amide bonds. The Kier molecular flexibility index (Phi) is 4.77. The first-order valence-electron chi connectivity index (χ1n) is 7.21. The predicted octanol–water partition coefficient (Wildman–Crippen LogP) is 2.89. The van der Waals surface area contributed by atoms with Gasteiger partial charge >= 0.3 is 0 Å². The molecule has 0 aliphatic rings. The number of fused-ring (bicyclic) bond motifs is 1. The number of carbonyl (C=O) groups excluding carboxylic acids is 1. The molecule has 0 radical (unpaired) electrons. The van der Waals surface area contributed by atoms with Crippen molar-refractivity contribution < 1.29 is 9.21 Å². The molecule has 23 heavy (non-hydrogen) atoms. The van der Waals surface area contributed by atoms with E-state index in [4.69, 9.17) is 4.42 Å². The van der Waals surface area contributed by atoms with E-state index in [-0.39, 0.29) is 11.7 Å². The van der Waals surface area contributed by atoms with Gasteiger partial charge in [-0.3, -0.25) is 4.79 Å². The van der Waals surface area contributed by atoms with Crippen LogP contribution in [0.25, 0.3) is 11.0 Å². The highest BCUT2D eigenvalue weighted by molar-refractivity contribution is 7.99. The van der Waals surface area contributed by atoms with Crippen LogP contribution < -0.4 is 5.43 Å². The molecule has 3 rings (SSSR count). The smallest absolute Gasteiger partial charge is 0.250 e. The summed E-state index contributed by atoms with van der Waals surface area (Å²) >= 11 is 1.40. The van der Waals surface area contributed by atoms with Crippen LogP contribution in [-0.2, 0) is 11.3 Å². The highest BCUT2D eigenvalue weighted by atomic mass is 32.2. The molecule has 0 aliphatic heterocycles. The van der Waals surface area contributed by atoms with Crippen molar-refractivity contribution in [3.05, 3.63) is 48.4 Å². The monoisotopic (exact) mass is 328 g/mol. The zero-order valence-electron chi connectivity index (χ0n) is 12.6. The molecule has 3 aromatic rings. The minimum atomic E-state index is -0.187. The van der Waals surface area contributed by atoms with Gasteiger partial charge < -0.3 is 8.98 Å². The van der Waals surface area contributed by atoms with Crippen LogP contribution in [0.2, 0.25) is 0 Å². The maximum absolute atomic E-state index is 11.8. The van der Waals surface area contributed by atoms with Crippen LogP contribution in [0, 0.1) is 0 Å².